The summed E-state index contributed by atoms with van der Waals surface area (Å²) in [5, 5.41) is 4.44. The van der Waals surface area contributed by atoms with E-state index >= 15 is 0 Å². The molecule has 0 N–H and O–H groups in total. The highest BCUT2D eigenvalue weighted by molar-refractivity contribution is 5.94. The number of halogens is 1. The number of rotatable bonds is 2. The molecular weight excluding hydrogens is 333 g/mol. The normalized spacial score (nSPS) is 17.7. The van der Waals surface area contributed by atoms with Gasteiger partial charge in [-0.1, -0.05) is 0 Å². The predicted octanol–water partition coefficient (Wildman–Crippen LogP) is 2.90. The van der Waals surface area contributed by atoms with Crippen molar-refractivity contribution < 1.29 is 9.18 Å². The summed E-state index contributed by atoms with van der Waals surface area (Å²) in [6, 6.07) is 6.47. The fourth-order valence-corrected chi connectivity index (χ4v) is 3.58. The molecule has 2 aromatic heterocycles. The van der Waals surface area contributed by atoms with E-state index < -0.39 is 0 Å². The van der Waals surface area contributed by atoms with Gasteiger partial charge in [-0.2, -0.15) is 10.1 Å². The van der Waals surface area contributed by atoms with Gasteiger partial charge in [-0.25, -0.2) is 13.9 Å². The molecule has 3 heterocycles. The van der Waals surface area contributed by atoms with Crippen LogP contribution in [0.2, 0.25) is 0 Å². The van der Waals surface area contributed by atoms with Crippen molar-refractivity contribution in [2.45, 2.75) is 32.6 Å². The highest BCUT2D eigenvalue weighted by Crippen LogP contribution is 2.28. The molecule has 0 aliphatic carbocycles. The minimum absolute atomic E-state index is 0.0575. The van der Waals surface area contributed by atoms with E-state index in [-0.39, 0.29) is 17.6 Å². The molecule has 0 radical (unpaired) electrons. The quantitative estimate of drug-likeness (QED) is 0.711. The number of amides is 1. The van der Waals surface area contributed by atoms with Gasteiger partial charge in [0, 0.05) is 30.8 Å². The van der Waals surface area contributed by atoms with Gasteiger partial charge >= 0.3 is 0 Å². The van der Waals surface area contributed by atoms with Crippen LogP contribution in [0.25, 0.3) is 5.78 Å². The molecule has 1 unspecified atom stereocenters. The topological polar surface area (TPSA) is 63.4 Å². The molecule has 3 aromatic rings. The lowest BCUT2D eigenvalue weighted by Gasteiger charge is -2.33. The van der Waals surface area contributed by atoms with Crippen LogP contribution in [0, 0.1) is 19.7 Å². The molecule has 1 atom stereocenters. The van der Waals surface area contributed by atoms with Gasteiger partial charge in [0.05, 0.1) is 5.69 Å². The number of aryl methyl sites for hydroxylation is 2. The van der Waals surface area contributed by atoms with Crippen molar-refractivity contribution in [1.29, 1.82) is 0 Å². The Morgan fingerprint density at radius 2 is 2.12 bits per heavy atom. The summed E-state index contributed by atoms with van der Waals surface area (Å²) in [4.78, 5) is 23.3. The first-order valence-electron chi connectivity index (χ1n) is 8.76. The zero-order valence-corrected chi connectivity index (χ0v) is 14.8. The molecule has 1 aliphatic rings. The van der Waals surface area contributed by atoms with E-state index in [0.717, 1.165) is 18.5 Å². The maximum Gasteiger partial charge on any atom is 0.253 e. The fraction of sp³-hybridized carbons (Fsp3) is 0.368. The summed E-state index contributed by atoms with van der Waals surface area (Å²) in [6.45, 7) is 4.82. The van der Waals surface area contributed by atoms with Gasteiger partial charge in [0.15, 0.2) is 0 Å². The van der Waals surface area contributed by atoms with Gasteiger partial charge in [-0.05, 0) is 56.5 Å². The lowest BCUT2D eigenvalue weighted by molar-refractivity contribution is 0.0705. The number of benzene rings is 1. The summed E-state index contributed by atoms with van der Waals surface area (Å²) in [6.07, 6.45) is 3.63. The molecule has 0 saturated carbocycles. The van der Waals surface area contributed by atoms with Crippen LogP contribution in [0.5, 0.6) is 0 Å². The second-order valence-corrected chi connectivity index (χ2v) is 6.79. The third-order valence-corrected chi connectivity index (χ3v) is 4.91. The van der Waals surface area contributed by atoms with Crippen molar-refractivity contribution >= 4 is 11.7 Å². The Kier molecular flexibility index (Phi) is 4.14. The van der Waals surface area contributed by atoms with Crippen molar-refractivity contribution in [2.24, 2.45) is 0 Å². The summed E-state index contributed by atoms with van der Waals surface area (Å²) >= 11 is 0. The van der Waals surface area contributed by atoms with E-state index in [9.17, 15) is 9.18 Å². The standard InChI is InChI=1S/C19H20FN5O/c1-12-10-14(5-6-16(12)20)18(26)24-9-3-4-15(11-24)17-7-8-21-19-22-13(2)23-25(17)19/h5-8,10,15H,3-4,9,11H2,1-2H3. The third-order valence-electron chi connectivity index (χ3n) is 4.91. The van der Waals surface area contributed by atoms with E-state index in [4.69, 9.17) is 0 Å². The molecule has 1 aliphatic heterocycles. The molecule has 0 spiro atoms. The average molecular weight is 353 g/mol. The monoisotopic (exact) mass is 353 g/mol. The summed E-state index contributed by atoms with van der Waals surface area (Å²) < 4.78 is 15.3. The van der Waals surface area contributed by atoms with Crippen molar-refractivity contribution in [3.05, 3.63) is 58.9 Å². The van der Waals surface area contributed by atoms with Crippen LogP contribution in [0.15, 0.2) is 30.5 Å². The average Bonchev–Trinajstić information content (AvgIpc) is 3.03. The molecular formula is C19H20FN5O. The van der Waals surface area contributed by atoms with E-state index in [2.05, 4.69) is 15.1 Å². The lowest BCUT2D eigenvalue weighted by atomic mass is 9.94. The molecule has 1 fully saturated rings. The Bertz CT molecular complexity index is 983. The molecule has 134 valence electrons. The largest absolute Gasteiger partial charge is 0.338 e. The smallest absolute Gasteiger partial charge is 0.253 e. The highest BCUT2D eigenvalue weighted by Gasteiger charge is 2.27. The van der Waals surface area contributed by atoms with Crippen LogP contribution in [-0.4, -0.2) is 43.5 Å². The second kappa shape index (κ2) is 6.48. The van der Waals surface area contributed by atoms with Crippen LogP contribution in [0.3, 0.4) is 0 Å². The number of carbonyl (C=O) groups excluding carboxylic acids is 1. The van der Waals surface area contributed by atoms with Crippen LogP contribution >= 0.6 is 0 Å². The fourth-order valence-electron chi connectivity index (χ4n) is 3.58. The molecule has 6 nitrogen and oxygen atoms in total. The summed E-state index contributed by atoms with van der Waals surface area (Å²) in [5.41, 5.74) is 2.03. The van der Waals surface area contributed by atoms with Crippen LogP contribution < -0.4 is 0 Å². The molecule has 7 heteroatoms. The summed E-state index contributed by atoms with van der Waals surface area (Å²) in [7, 11) is 0. The highest BCUT2D eigenvalue weighted by atomic mass is 19.1. The van der Waals surface area contributed by atoms with Gasteiger partial charge < -0.3 is 4.90 Å². The molecule has 4 rings (SSSR count). The van der Waals surface area contributed by atoms with Crippen LogP contribution in [0.4, 0.5) is 4.39 Å². The Hall–Kier alpha value is -2.83. The predicted molar refractivity (Wildman–Crippen MR) is 94.5 cm³/mol. The number of likely N-dealkylation sites (tertiary alicyclic amines) is 1. The van der Waals surface area contributed by atoms with Crippen LogP contribution in [-0.2, 0) is 0 Å². The number of aromatic nitrogens is 4. The summed E-state index contributed by atoms with van der Waals surface area (Å²) in [5.74, 6) is 1.07. The zero-order chi connectivity index (χ0) is 18.3. The van der Waals surface area contributed by atoms with Crippen molar-refractivity contribution in [3.8, 4) is 0 Å². The Balaban J connectivity index is 1.60. The first-order chi connectivity index (χ1) is 12.5. The van der Waals surface area contributed by atoms with Gasteiger partial charge in [-0.15, -0.1) is 0 Å². The molecule has 26 heavy (non-hydrogen) atoms. The van der Waals surface area contributed by atoms with Gasteiger partial charge in [0.2, 0.25) is 0 Å². The molecule has 1 amide bonds. The van der Waals surface area contributed by atoms with Crippen molar-refractivity contribution in [1.82, 2.24) is 24.5 Å². The number of hydrogen-bond acceptors (Lipinski definition) is 4. The Labute approximate surface area is 150 Å². The van der Waals surface area contributed by atoms with E-state index in [1.165, 1.54) is 6.07 Å². The minimum atomic E-state index is -0.293. The van der Waals surface area contributed by atoms with E-state index in [0.29, 0.717) is 35.8 Å². The van der Waals surface area contributed by atoms with Crippen LogP contribution in [0.1, 0.15) is 46.2 Å². The number of hydrogen-bond donors (Lipinski definition) is 0. The molecule has 1 saturated heterocycles. The maximum absolute atomic E-state index is 13.5. The lowest BCUT2D eigenvalue weighted by Crippen LogP contribution is -2.39. The van der Waals surface area contributed by atoms with Gasteiger partial charge in [0.1, 0.15) is 11.6 Å². The molecule has 1 aromatic carbocycles. The van der Waals surface area contributed by atoms with E-state index in [1.54, 1.807) is 29.8 Å². The van der Waals surface area contributed by atoms with Gasteiger partial charge in [0.25, 0.3) is 11.7 Å². The SMILES string of the molecule is Cc1nc2nccc(C3CCCN(C(=O)c4ccc(F)c(C)c4)C3)n2n1. The van der Waals surface area contributed by atoms with Crippen molar-refractivity contribution in [3.63, 3.8) is 0 Å². The number of carbonyl (C=O) groups is 1. The maximum atomic E-state index is 13.5. The Morgan fingerprint density at radius 3 is 2.92 bits per heavy atom. The van der Waals surface area contributed by atoms with E-state index in [1.807, 2.05) is 17.9 Å². The number of piperidine rings is 1. The first kappa shape index (κ1) is 16.6. The first-order valence-corrected chi connectivity index (χ1v) is 8.76. The number of fused-ring (bicyclic) bond motifs is 1. The zero-order valence-electron chi connectivity index (χ0n) is 14.8. The Morgan fingerprint density at radius 1 is 1.27 bits per heavy atom. The van der Waals surface area contributed by atoms with Crippen molar-refractivity contribution in [2.75, 3.05) is 13.1 Å². The van der Waals surface area contributed by atoms with Gasteiger partial charge in [-0.3, -0.25) is 4.79 Å². The number of nitrogens with zero attached hydrogens (tertiary/aromatic N) is 5. The second-order valence-electron chi connectivity index (χ2n) is 6.79. The third kappa shape index (κ3) is 2.94. The minimum Gasteiger partial charge on any atom is -0.338 e. The molecule has 0 bridgehead atoms.